The Morgan fingerprint density at radius 1 is 1.67 bits per heavy atom. The van der Waals surface area contributed by atoms with Crippen LogP contribution in [0.15, 0.2) is 17.4 Å². The first-order valence-electron chi connectivity index (χ1n) is 3.11. The second kappa shape index (κ2) is 7.05. The summed E-state index contributed by atoms with van der Waals surface area (Å²) < 4.78 is 0. The lowest BCUT2D eigenvalue weighted by Gasteiger charge is -1.83. The minimum atomic E-state index is 1.01. The van der Waals surface area contributed by atoms with Gasteiger partial charge in [0.05, 0.1) is 0 Å². The molecule has 0 spiro atoms. The maximum atomic E-state index is 7.83. The number of hydrogen-bond acceptors (Lipinski definition) is 1. The third kappa shape index (κ3) is 7.05. The first-order valence-corrected chi connectivity index (χ1v) is 3.11. The predicted molar refractivity (Wildman–Crippen MR) is 37.8 cm³/mol. The standard InChI is InChI=1S/C6H11N3/c1-2-3-4-5-6-8-9-7/h5-6H,2-4H2,1H3. The minimum Gasteiger partial charge on any atom is -0.0823 e. The molecular formula is C6H11N3. The van der Waals surface area contributed by atoms with Crippen LogP contribution in [0.2, 0.25) is 0 Å². The molecule has 0 heterocycles. The monoisotopic (exact) mass is 125 g/mol. The van der Waals surface area contributed by atoms with Gasteiger partial charge in [0, 0.05) is 4.91 Å². The van der Waals surface area contributed by atoms with Crippen LogP contribution in [0.5, 0.6) is 0 Å². The molecule has 0 aromatic carbocycles. The number of hydrogen-bond donors (Lipinski definition) is 0. The quantitative estimate of drug-likeness (QED) is 0.240. The van der Waals surface area contributed by atoms with Gasteiger partial charge < -0.3 is 0 Å². The molecule has 0 aromatic heterocycles. The molecule has 0 fully saturated rings. The molecule has 0 unspecified atom stereocenters. The Morgan fingerprint density at radius 3 is 3.00 bits per heavy atom. The summed E-state index contributed by atoms with van der Waals surface area (Å²) in [5.41, 5.74) is 7.83. The fraction of sp³-hybridized carbons (Fsp3) is 0.667. The maximum Gasteiger partial charge on any atom is 0.00474 e. The van der Waals surface area contributed by atoms with Gasteiger partial charge in [-0.2, -0.15) is 0 Å². The van der Waals surface area contributed by atoms with E-state index in [0.717, 1.165) is 12.8 Å². The predicted octanol–water partition coefficient (Wildman–Crippen LogP) is 3.00. The van der Waals surface area contributed by atoms with Crippen molar-refractivity contribution < 1.29 is 0 Å². The third-order valence-corrected chi connectivity index (χ3v) is 0.948. The summed E-state index contributed by atoms with van der Waals surface area (Å²) in [6.45, 7) is 2.13. The highest BCUT2D eigenvalue weighted by Crippen LogP contribution is 1.94. The molecule has 0 saturated heterocycles. The van der Waals surface area contributed by atoms with E-state index in [1.165, 1.54) is 12.6 Å². The van der Waals surface area contributed by atoms with Crippen molar-refractivity contribution in [1.82, 2.24) is 0 Å². The maximum absolute atomic E-state index is 7.83. The van der Waals surface area contributed by atoms with Gasteiger partial charge in [-0.1, -0.05) is 31.0 Å². The smallest absolute Gasteiger partial charge is 0.00474 e. The van der Waals surface area contributed by atoms with Crippen molar-refractivity contribution in [2.24, 2.45) is 5.11 Å². The first-order chi connectivity index (χ1) is 4.41. The summed E-state index contributed by atoms with van der Waals surface area (Å²) in [6.07, 6.45) is 6.73. The van der Waals surface area contributed by atoms with Crippen LogP contribution in [-0.4, -0.2) is 0 Å². The van der Waals surface area contributed by atoms with Crippen LogP contribution < -0.4 is 0 Å². The second-order valence-corrected chi connectivity index (χ2v) is 1.73. The summed E-state index contributed by atoms with van der Waals surface area (Å²) in [6, 6.07) is 0. The Morgan fingerprint density at radius 2 is 2.44 bits per heavy atom. The van der Waals surface area contributed by atoms with Gasteiger partial charge in [-0.3, -0.25) is 0 Å². The molecule has 0 atom stereocenters. The molecule has 0 amide bonds. The minimum absolute atomic E-state index is 1.01. The van der Waals surface area contributed by atoms with Gasteiger partial charge >= 0.3 is 0 Å². The summed E-state index contributed by atoms with van der Waals surface area (Å²) in [5.74, 6) is 0. The largest absolute Gasteiger partial charge is 0.0823 e. The molecule has 0 aliphatic carbocycles. The highest BCUT2D eigenvalue weighted by atomic mass is 15.1. The highest BCUT2D eigenvalue weighted by Gasteiger charge is 1.74. The first kappa shape index (κ1) is 8.05. The Balaban J connectivity index is 3.14. The molecule has 0 aliphatic heterocycles. The van der Waals surface area contributed by atoms with Gasteiger partial charge in [0.25, 0.3) is 0 Å². The Bertz CT molecular complexity index is 122. The SMILES string of the molecule is CCCCC=CN=[N+]=[N-]. The highest BCUT2D eigenvalue weighted by molar-refractivity contribution is 4.78. The van der Waals surface area contributed by atoms with E-state index >= 15 is 0 Å². The second-order valence-electron chi connectivity index (χ2n) is 1.73. The zero-order chi connectivity index (χ0) is 6.95. The van der Waals surface area contributed by atoms with E-state index in [-0.39, 0.29) is 0 Å². The van der Waals surface area contributed by atoms with Crippen LogP contribution in [0.25, 0.3) is 10.4 Å². The van der Waals surface area contributed by atoms with E-state index in [2.05, 4.69) is 16.9 Å². The zero-order valence-corrected chi connectivity index (χ0v) is 5.62. The van der Waals surface area contributed by atoms with Gasteiger partial charge in [0.15, 0.2) is 0 Å². The molecule has 0 radical (unpaired) electrons. The van der Waals surface area contributed by atoms with Crippen LogP contribution in [-0.2, 0) is 0 Å². The summed E-state index contributed by atoms with van der Waals surface area (Å²) in [7, 11) is 0. The van der Waals surface area contributed by atoms with Crippen molar-refractivity contribution in [2.45, 2.75) is 26.2 Å². The van der Waals surface area contributed by atoms with Crippen LogP contribution in [0.3, 0.4) is 0 Å². The Labute approximate surface area is 55.0 Å². The Kier molecular flexibility index (Phi) is 6.31. The van der Waals surface area contributed by atoms with Crippen molar-refractivity contribution in [2.75, 3.05) is 0 Å². The van der Waals surface area contributed by atoms with Gasteiger partial charge in [-0.15, -0.1) is 0 Å². The van der Waals surface area contributed by atoms with Crippen LogP contribution in [0.4, 0.5) is 0 Å². The fourth-order valence-electron chi connectivity index (χ4n) is 0.473. The molecule has 0 bridgehead atoms. The molecule has 3 nitrogen and oxygen atoms in total. The number of rotatable bonds is 4. The zero-order valence-electron chi connectivity index (χ0n) is 5.62. The molecule has 0 saturated carbocycles. The third-order valence-electron chi connectivity index (χ3n) is 0.948. The molecule has 0 aliphatic rings. The van der Waals surface area contributed by atoms with Crippen molar-refractivity contribution in [3.05, 3.63) is 22.7 Å². The normalized spacial score (nSPS) is 9.44. The van der Waals surface area contributed by atoms with Crippen molar-refractivity contribution in [3.63, 3.8) is 0 Å². The van der Waals surface area contributed by atoms with E-state index in [9.17, 15) is 0 Å². The Hall–Kier alpha value is -0.950. The summed E-state index contributed by atoms with van der Waals surface area (Å²) in [5, 5.41) is 3.24. The molecular weight excluding hydrogens is 114 g/mol. The van der Waals surface area contributed by atoms with Crippen LogP contribution in [0, 0.1) is 0 Å². The fourth-order valence-corrected chi connectivity index (χ4v) is 0.473. The van der Waals surface area contributed by atoms with E-state index in [1.807, 2.05) is 6.08 Å². The van der Waals surface area contributed by atoms with Gasteiger partial charge in [-0.05, 0) is 18.2 Å². The number of nitrogens with zero attached hydrogens (tertiary/aromatic N) is 3. The number of azide groups is 1. The molecule has 9 heavy (non-hydrogen) atoms. The van der Waals surface area contributed by atoms with Crippen molar-refractivity contribution in [1.29, 1.82) is 0 Å². The van der Waals surface area contributed by atoms with Crippen LogP contribution in [0.1, 0.15) is 26.2 Å². The molecule has 50 valence electrons. The average Bonchev–Trinajstić information content (AvgIpc) is 1.89. The lowest BCUT2D eigenvalue weighted by Crippen LogP contribution is -1.64. The molecule has 0 aromatic rings. The molecule has 3 heteroatoms. The van der Waals surface area contributed by atoms with Gasteiger partial charge in [0.2, 0.25) is 0 Å². The van der Waals surface area contributed by atoms with E-state index in [4.69, 9.17) is 5.53 Å². The van der Waals surface area contributed by atoms with E-state index < -0.39 is 0 Å². The van der Waals surface area contributed by atoms with Crippen LogP contribution >= 0.6 is 0 Å². The number of unbranched alkanes of at least 4 members (excludes halogenated alkanes) is 2. The van der Waals surface area contributed by atoms with Gasteiger partial charge in [0.1, 0.15) is 0 Å². The van der Waals surface area contributed by atoms with Crippen molar-refractivity contribution >= 4 is 0 Å². The van der Waals surface area contributed by atoms with Crippen molar-refractivity contribution in [3.8, 4) is 0 Å². The molecule has 0 N–H and O–H groups in total. The van der Waals surface area contributed by atoms with Gasteiger partial charge in [-0.25, -0.2) is 0 Å². The number of allylic oxidation sites excluding steroid dienone is 1. The lowest BCUT2D eigenvalue weighted by atomic mass is 10.2. The average molecular weight is 125 g/mol. The summed E-state index contributed by atoms with van der Waals surface area (Å²) >= 11 is 0. The topological polar surface area (TPSA) is 48.8 Å². The summed E-state index contributed by atoms with van der Waals surface area (Å²) in [4.78, 5) is 2.57. The van der Waals surface area contributed by atoms with E-state index in [1.54, 1.807) is 0 Å². The van der Waals surface area contributed by atoms with E-state index in [0.29, 0.717) is 0 Å². The molecule has 0 rings (SSSR count). The lowest BCUT2D eigenvalue weighted by molar-refractivity contribution is 0.813.